The fourth-order valence-corrected chi connectivity index (χ4v) is 3.54. The molecule has 0 aliphatic heterocycles. The van der Waals surface area contributed by atoms with Crippen molar-refractivity contribution in [3.8, 4) is 0 Å². The normalized spacial score (nSPS) is 14.3. The Hall–Kier alpha value is -0.980. The molecule has 4 nitrogen and oxygen atoms in total. The molecule has 2 rings (SSSR count). The lowest BCUT2D eigenvalue weighted by Gasteiger charge is -2.08. The van der Waals surface area contributed by atoms with Crippen molar-refractivity contribution in [2.24, 2.45) is 5.73 Å². The first-order chi connectivity index (χ1) is 8.99. The lowest BCUT2D eigenvalue weighted by molar-refractivity contribution is 0.580. The van der Waals surface area contributed by atoms with Crippen LogP contribution in [0, 0.1) is 0 Å². The van der Waals surface area contributed by atoms with E-state index in [2.05, 4.69) is 4.72 Å². The number of benzene rings is 1. The Kier molecular flexibility index (Phi) is 4.54. The first-order valence-electron chi connectivity index (χ1n) is 6.39. The molecule has 1 aliphatic carbocycles. The van der Waals surface area contributed by atoms with Crippen LogP contribution in [0.1, 0.15) is 30.4 Å². The summed E-state index contributed by atoms with van der Waals surface area (Å²) in [5.41, 5.74) is 7.80. The Morgan fingerprint density at radius 1 is 1.32 bits per heavy atom. The minimum Gasteiger partial charge on any atom is -0.393 e. The van der Waals surface area contributed by atoms with Crippen LogP contribution in [0.4, 0.5) is 0 Å². The van der Waals surface area contributed by atoms with Crippen LogP contribution in [0.2, 0.25) is 0 Å². The van der Waals surface area contributed by atoms with Crippen molar-refractivity contribution in [2.75, 3.05) is 6.54 Å². The van der Waals surface area contributed by atoms with Gasteiger partial charge >= 0.3 is 0 Å². The molecule has 1 aliphatic rings. The number of hydrogen-bond acceptors (Lipinski definition) is 3. The van der Waals surface area contributed by atoms with E-state index in [0.717, 1.165) is 24.8 Å². The van der Waals surface area contributed by atoms with Gasteiger partial charge in [0.15, 0.2) is 0 Å². The van der Waals surface area contributed by atoms with Crippen molar-refractivity contribution in [2.45, 2.75) is 37.0 Å². The number of thiocarbonyl (C=S) groups is 1. The summed E-state index contributed by atoms with van der Waals surface area (Å²) in [5, 5.41) is 0. The summed E-state index contributed by atoms with van der Waals surface area (Å²) in [5.74, 6) is 0. The second kappa shape index (κ2) is 5.98. The van der Waals surface area contributed by atoms with Crippen molar-refractivity contribution in [1.29, 1.82) is 0 Å². The Bertz CT molecular complexity index is 582. The highest BCUT2D eigenvalue weighted by Gasteiger charge is 2.17. The molecule has 1 aromatic carbocycles. The van der Waals surface area contributed by atoms with Crippen LogP contribution < -0.4 is 10.5 Å². The van der Waals surface area contributed by atoms with Crippen LogP contribution in [0.3, 0.4) is 0 Å². The van der Waals surface area contributed by atoms with E-state index in [9.17, 15) is 8.42 Å². The minimum atomic E-state index is -3.41. The number of rotatable bonds is 6. The molecule has 1 aromatic rings. The van der Waals surface area contributed by atoms with Gasteiger partial charge in [-0.15, -0.1) is 0 Å². The van der Waals surface area contributed by atoms with Gasteiger partial charge in [0, 0.05) is 6.54 Å². The Balaban J connectivity index is 2.01. The molecule has 0 spiro atoms. The number of aryl methyl sites for hydroxylation is 2. The third-order valence-corrected chi connectivity index (χ3v) is 4.94. The molecule has 0 bridgehead atoms. The summed E-state index contributed by atoms with van der Waals surface area (Å²) < 4.78 is 26.8. The third kappa shape index (κ3) is 3.75. The van der Waals surface area contributed by atoms with Gasteiger partial charge in [-0.2, -0.15) is 0 Å². The maximum atomic E-state index is 12.1. The van der Waals surface area contributed by atoms with E-state index in [1.807, 2.05) is 6.07 Å². The molecule has 0 radical (unpaired) electrons. The molecule has 0 heterocycles. The van der Waals surface area contributed by atoms with E-state index in [1.54, 1.807) is 12.1 Å². The lowest BCUT2D eigenvalue weighted by atomic mass is 10.1. The van der Waals surface area contributed by atoms with Crippen LogP contribution in [-0.2, 0) is 22.9 Å². The Morgan fingerprint density at radius 3 is 2.79 bits per heavy atom. The highest BCUT2D eigenvalue weighted by Crippen LogP contribution is 2.24. The highest BCUT2D eigenvalue weighted by atomic mass is 32.2. The zero-order valence-corrected chi connectivity index (χ0v) is 12.3. The monoisotopic (exact) mass is 298 g/mol. The predicted molar refractivity (Wildman–Crippen MR) is 79.7 cm³/mol. The number of hydrogen-bond donors (Lipinski definition) is 2. The topological polar surface area (TPSA) is 72.2 Å². The van der Waals surface area contributed by atoms with Gasteiger partial charge in [-0.3, -0.25) is 0 Å². The van der Waals surface area contributed by atoms with E-state index >= 15 is 0 Å². The molecule has 3 N–H and O–H groups in total. The molecule has 0 saturated heterocycles. The second-order valence-corrected chi connectivity index (χ2v) is 7.04. The van der Waals surface area contributed by atoms with E-state index in [4.69, 9.17) is 18.0 Å². The van der Waals surface area contributed by atoms with Crippen molar-refractivity contribution >= 4 is 27.2 Å². The van der Waals surface area contributed by atoms with Gasteiger partial charge in [-0.05, 0) is 55.4 Å². The fourth-order valence-electron chi connectivity index (χ4n) is 2.27. The van der Waals surface area contributed by atoms with Crippen LogP contribution in [-0.4, -0.2) is 20.0 Å². The summed E-state index contributed by atoms with van der Waals surface area (Å²) >= 11 is 4.75. The number of nitrogens with two attached hydrogens (primary N) is 1. The lowest BCUT2D eigenvalue weighted by Crippen LogP contribution is -2.25. The molecular weight excluding hydrogens is 280 g/mol. The van der Waals surface area contributed by atoms with Crippen LogP contribution in [0.15, 0.2) is 23.1 Å². The molecule has 6 heteroatoms. The first-order valence-corrected chi connectivity index (χ1v) is 8.28. The van der Waals surface area contributed by atoms with Crippen molar-refractivity contribution in [3.05, 3.63) is 29.3 Å². The molecule has 104 valence electrons. The average Bonchev–Trinajstić information content (AvgIpc) is 2.81. The van der Waals surface area contributed by atoms with Gasteiger partial charge in [-0.25, -0.2) is 13.1 Å². The Labute approximate surface area is 119 Å². The first kappa shape index (κ1) is 14.4. The van der Waals surface area contributed by atoms with Crippen LogP contribution >= 0.6 is 12.2 Å². The molecule has 0 aromatic heterocycles. The van der Waals surface area contributed by atoms with Crippen molar-refractivity contribution in [1.82, 2.24) is 4.72 Å². The maximum absolute atomic E-state index is 12.1. The summed E-state index contributed by atoms with van der Waals surface area (Å²) in [7, 11) is -3.41. The van der Waals surface area contributed by atoms with Gasteiger partial charge in [0.2, 0.25) is 10.0 Å². The second-order valence-electron chi connectivity index (χ2n) is 4.75. The van der Waals surface area contributed by atoms with E-state index in [1.165, 1.54) is 5.56 Å². The van der Waals surface area contributed by atoms with E-state index < -0.39 is 10.0 Å². The fraction of sp³-hybridized carbons (Fsp3) is 0.462. The summed E-state index contributed by atoms with van der Waals surface area (Å²) in [6.07, 6.45) is 4.32. The highest BCUT2D eigenvalue weighted by molar-refractivity contribution is 7.89. The summed E-state index contributed by atoms with van der Waals surface area (Å²) in [6, 6.07) is 5.39. The predicted octanol–water partition coefficient (Wildman–Crippen LogP) is 1.52. The van der Waals surface area contributed by atoms with Gasteiger partial charge < -0.3 is 5.73 Å². The SMILES string of the molecule is NC(=S)CCCNS(=O)(=O)c1ccc2c(c1)CCC2. The van der Waals surface area contributed by atoms with Crippen molar-refractivity contribution in [3.63, 3.8) is 0 Å². The van der Waals surface area contributed by atoms with E-state index in [0.29, 0.717) is 29.3 Å². The number of nitrogens with one attached hydrogen (secondary N) is 1. The van der Waals surface area contributed by atoms with Gasteiger partial charge in [-0.1, -0.05) is 18.3 Å². The maximum Gasteiger partial charge on any atom is 0.240 e. The molecular formula is C13H18N2O2S2. The molecule has 0 atom stereocenters. The van der Waals surface area contributed by atoms with Gasteiger partial charge in [0.05, 0.1) is 9.88 Å². The van der Waals surface area contributed by atoms with Gasteiger partial charge in [0.25, 0.3) is 0 Å². The smallest absolute Gasteiger partial charge is 0.240 e. The van der Waals surface area contributed by atoms with Crippen LogP contribution in [0.5, 0.6) is 0 Å². The molecule has 0 fully saturated rings. The van der Waals surface area contributed by atoms with Gasteiger partial charge in [0.1, 0.15) is 0 Å². The summed E-state index contributed by atoms with van der Waals surface area (Å²) in [6.45, 7) is 0.358. The quantitative estimate of drug-likeness (QED) is 0.617. The standard InChI is InChI=1S/C13H18N2O2S2/c14-13(18)5-2-8-15-19(16,17)12-7-6-10-3-1-4-11(10)9-12/h6-7,9,15H,1-5,8H2,(H2,14,18). The molecule has 19 heavy (non-hydrogen) atoms. The number of sulfonamides is 1. The number of fused-ring (bicyclic) bond motifs is 1. The molecule has 0 unspecified atom stereocenters. The average molecular weight is 298 g/mol. The zero-order chi connectivity index (χ0) is 13.9. The molecule has 0 saturated carbocycles. The largest absolute Gasteiger partial charge is 0.393 e. The van der Waals surface area contributed by atoms with Crippen molar-refractivity contribution < 1.29 is 8.42 Å². The third-order valence-electron chi connectivity index (χ3n) is 3.27. The molecule has 0 amide bonds. The van der Waals surface area contributed by atoms with Crippen LogP contribution in [0.25, 0.3) is 0 Å². The summed E-state index contributed by atoms with van der Waals surface area (Å²) in [4.78, 5) is 0.764. The zero-order valence-electron chi connectivity index (χ0n) is 10.7. The minimum absolute atomic E-state index is 0.350. The Morgan fingerprint density at radius 2 is 2.05 bits per heavy atom. The van der Waals surface area contributed by atoms with E-state index in [-0.39, 0.29) is 0 Å².